The van der Waals surface area contributed by atoms with E-state index in [4.69, 9.17) is 4.74 Å². The molecule has 0 bridgehead atoms. The standard InChI is InChI=1S/C81H154N2O3/c1-4-7-10-13-16-19-22-25-28-30-32-34-36-38-40-42-44-46-48-50-53-56-59-62-65-68-73-82-80(84)77-71-72-78(79(76-77)86-75-70-67-64-61-58-55-52-27-24-21-18-15-12-9-6-3)81(85)83-74-69-66-63-60-57-54-51-49-47-45-43-41-39-37-35-33-31-29-26-23-20-17-14-11-8-5-2/h71-72,76H,4-70,73-75H2,1-3H3,(H,82,84)(H,83,85). The number of rotatable bonds is 73. The van der Waals surface area contributed by atoms with Crippen LogP contribution in [-0.4, -0.2) is 31.5 Å². The molecule has 0 fully saturated rings. The molecule has 2 N–H and O–H groups in total. The topological polar surface area (TPSA) is 67.4 Å². The summed E-state index contributed by atoms with van der Waals surface area (Å²) in [5.41, 5.74) is 1.13. The molecule has 5 heteroatoms. The van der Waals surface area contributed by atoms with E-state index in [1.807, 2.05) is 18.2 Å². The lowest BCUT2D eigenvalue weighted by Gasteiger charge is -2.14. The van der Waals surface area contributed by atoms with Crippen LogP contribution in [0.4, 0.5) is 0 Å². The molecule has 0 unspecified atom stereocenters. The highest BCUT2D eigenvalue weighted by atomic mass is 16.5. The molecule has 0 saturated heterocycles. The highest BCUT2D eigenvalue weighted by Gasteiger charge is 2.16. The van der Waals surface area contributed by atoms with Crippen molar-refractivity contribution in [2.24, 2.45) is 0 Å². The van der Waals surface area contributed by atoms with E-state index in [9.17, 15) is 9.59 Å². The highest BCUT2D eigenvalue weighted by molar-refractivity contribution is 6.00. The Kier molecular flexibility index (Phi) is 67.1. The molecule has 0 aliphatic heterocycles. The first-order valence-corrected chi connectivity index (χ1v) is 40.0. The molecule has 0 saturated carbocycles. The van der Waals surface area contributed by atoms with Crippen LogP contribution in [0.5, 0.6) is 5.75 Å². The van der Waals surface area contributed by atoms with Crippen LogP contribution in [0.2, 0.25) is 0 Å². The number of carbonyl (C=O) groups is 2. The molecule has 1 rings (SSSR count). The van der Waals surface area contributed by atoms with Crippen LogP contribution in [0.25, 0.3) is 0 Å². The van der Waals surface area contributed by atoms with E-state index in [0.717, 1.165) is 38.5 Å². The van der Waals surface area contributed by atoms with Gasteiger partial charge in [-0.15, -0.1) is 0 Å². The second kappa shape index (κ2) is 70.4. The molecule has 0 atom stereocenters. The van der Waals surface area contributed by atoms with Crippen molar-refractivity contribution in [3.63, 3.8) is 0 Å². The summed E-state index contributed by atoms with van der Waals surface area (Å²) in [7, 11) is 0. The van der Waals surface area contributed by atoms with E-state index >= 15 is 0 Å². The minimum Gasteiger partial charge on any atom is -0.493 e. The molecular formula is C81H154N2O3. The first-order valence-electron chi connectivity index (χ1n) is 40.0. The molecule has 0 aromatic heterocycles. The summed E-state index contributed by atoms with van der Waals surface area (Å²) in [5, 5.41) is 6.36. The Hall–Kier alpha value is -2.04. The van der Waals surface area contributed by atoms with E-state index in [2.05, 4.69) is 31.4 Å². The highest BCUT2D eigenvalue weighted by Crippen LogP contribution is 2.24. The van der Waals surface area contributed by atoms with E-state index in [1.54, 1.807) is 0 Å². The van der Waals surface area contributed by atoms with Gasteiger partial charge in [-0.2, -0.15) is 0 Å². The van der Waals surface area contributed by atoms with E-state index in [-0.39, 0.29) is 11.8 Å². The van der Waals surface area contributed by atoms with Gasteiger partial charge in [-0.25, -0.2) is 0 Å². The van der Waals surface area contributed by atoms with Crippen molar-refractivity contribution < 1.29 is 14.3 Å². The van der Waals surface area contributed by atoms with Crippen LogP contribution in [0, 0.1) is 0 Å². The molecule has 0 radical (unpaired) electrons. The third kappa shape index (κ3) is 59.6. The van der Waals surface area contributed by atoms with Gasteiger partial charge < -0.3 is 15.4 Å². The number of nitrogens with one attached hydrogen (secondary N) is 2. The average molecular weight is 1200 g/mol. The summed E-state index contributed by atoms with van der Waals surface area (Å²) < 4.78 is 6.35. The van der Waals surface area contributed by atoms with Gasteiger partial charge >= 0.3 is 0 Å². The summed E-state index contributed by atoms with van der Waals surface area (Å²) in [6, 6.07) is 5.44. The zero-order valence-electron chi connectivity index (χ0n) is 59.0. The Morgan fingerprint density at radius 3 is 0.686 bits per heavy atom. The lowest BCUT2D eigenvalue weighted by molar-refractivity contribution is 0.0937. The van der Waals surface area contributed by atoms with Crippen LogP contribution < -0.4 is 15.4 Å². The van der Waals surface area contributed by atoms with E-state index in [0.29, 0.717) is 36.6 Å². The van der Waals surface area contributed by atoms with Crippen molar-refractivity contribution in [3.8, 4) is 5.75 Å². The molecule has 0 aliphatic carbocycles. The van der Waals surface area contributed by atoms with Gasteiger partial charge in [0.2, 0.25) is 0 Å². The summed E-state index contributed by atoms with van der Waals surface area (Å²) in [5.74, 6) is 0.387. The van der Waals surface area contributed by atoms with Crippen LogP contribution in [0.3, 0.4) is 0 Å². The molecular weight excluding hydrogens is 1050 g/mol. The maximum Gasteiger partial charge on any atom is 0.255 e. The molecule has 1 aromatic rings. The van der Waals surface area contributed by atoms with Crippen LogP contribution in [0.15, 0.2) is 18.2 Å². The number of ether oxygens (including phenoxy) is 1. The van der Waals surface area contributed by atoms with Crippen molar-refractivity contribution >= 4 is 11.8 Å². The predicted molar refractivity (Wildman–Crippen MR) is 383 cm³/mol. The van der Waals surface area contributed by atoms with Gasteiger partial charge in [-0.3, -0.25) is 9.59 Å². The third-order valence-corrected chi connectivity index (χ3v) is 19.1. The van der Waals surface area contributed by atoms with Gasteiger partial charge in [0.1, 0.15) is 5.75 Å². The average Bonchev–Trinajstić information content (AvgIpc) is 3.72. The van der Waals surface area contributed by atoms with Crippen molar-refractivity contribution in [1.82, 2.24) is 10.6 Å². The smallest absolute Gasteiger partial charge is 0.255 e. The zero-order chi connectivity index (χ0) is 61.6. The normalized spacial score (nSPS) is 11.5. The Bertz CT molecular complexity index is 1490. The zero-order valence-corrected chi connectivity index (χ0v) is 59.0. The maximum atomic E-state index is 13.6. The Morgan fingerprint density at radius 2 is 0.453 bits per heavy atom. The van der Waals surface area contributed by atoms with Gasteiger partial charge in [0.25, 0.3) is 11.8 Å². The second-order valence-corrected chi connectivity index (χ2v) is 27.7. The van der Waals surface area contributed by atoms with Gasteiger partial charge in [0.15, 0.2) is 0 Å². The second-order valence-electron chi connectivity index (χ2n) is 27.7. The maximum absolute atomic E-state index is 13.6. The lowest BCUT2D eigenvalue weighted by Crippen LogP contribution is -2.26. The molecule has 0 aliphatic rings. The van der Waals surface area contributed by atoms with Crippen molar-refractivity contribution in [2.75, 3.05) is 19.7 Å². The molecule has 506 valence electrons. The number of hydrogen-bond acceptors (Lipinski definition) is 3. The number of hydrogen-bond donors (Lipinski definition) is 2. The van der Waals surface area contributed by atoms with Crippen molar-refractivity contribution in [3.05, 3.63) is 29.3 Å². The van der Waals surface area contributed by atoms with E-state index in [1.165, 1.54) is 392 Å². The minimum absolute atomic E-state index is 0.0704. The van der Waals surface area contributed by atoms with E-state index < -0.39 is 0 Å². The molecule has 0 heterocycles. The Labute approximate surface area is 539 Å². The first-order chi connectivity index (χ1) is 42.6. The molecule has 1 aromatic carbocycles. The lowest BCUT2D eigenvalue weighted by atomic mass is 10.0. The monoisotopic (exact) mass is 1200 g/mol. The SMILES string of the molecule is CCCCCCCCCCCCCCCCCCCCCCCCCCCCNC(=O)c1ccc(C(=O)NCCCCCCCCCCCCCCCCCCCCCCCCCCCC)c(OCCCCCCCCCCCCCCCCC)c1. The van der Waals surface area contributed by atoms with Gasteiger partial charge in [-0.05, 0) is 37.5 Å². The number of carbonyl (C=O) groups excluding carboxylic acids is 2. The van der Waals surface area contributed by atoms with Crippen molar-refractivity contribution in [1.29, 1.82) is 0 Å². The third-order valence-electron chi connectivity index (χ3n) is 19.1. The van der Waals surface area contributed by atoms with Gasteiger partial charge in [-0.1, -0.05) is 432 Å². The summed E-state index contributed by atoms with van der Waals surface area (Å²) in [6.45, 7) is 8.85. The molecule has 2 amide bonds. The van der Waals surface area contributed by atoms with Crippen LogP contribution in [0.1, 0.15) is 472 Å². The summed E-state index contributed by atoms with van der Waals surface area (Å²) >= 11 is 0. The van der Waals surface area contributed by atoms with Crippen molar-refractivity contribution in [2.45, 2.75) is 451 Å². The number of benzene rings is 1. The number of amides is 2. The minimum atomic E-state index is -0.0892. The molecule has 0 spiro atoms. The quantitative estimate of drug-likeness (QED) is 0.0639. The van der Waals surface area contributed by atoms with Crippen LogP contribution in [-0.2, 0) is 0 Å². The molecule has 86 heavy (non-hydrogen) atoms. The fourth-order valence-electron chi connectivity index (χ4n) is 13.1. The Balaban J connectivity index is 2.23. The van der Waals surface area contributed by atoms with Gasteiger partial charge in [0.05, 0.1) is 12.2 Å². The predicted octanol–water partition coefficient (Wildman–Crippen LogP) is 27.7. The Morgan fingerprint density at radius 1 is 0.256 bits per heavy atom. The fourth-order valence-corrected chi connectivity index (χ4v) is 13.1. The van der Waals surface area contributed by atoms with Crippen LogP contribution >= 0.6 is 0 Å². The molecule has 5 nitrogen and oxygen atoms in total. The largest absolute Gasteiger partial charge is 0.493 e. The fraction of sp³-hybridized carbons (Fsp3) is 0.901. The summed E-state index contributed by atoms with van der Waals surface area (Å²) in [4.78, 5) is 27.0. The number of unbranched alkanes of at least 4 members (excludes halogenated alkanes) is 64. The first kappa shape index (κ1) is 82.0. The van der Waals surface area contributed by atoms with Gasteiger partial charge in [0, 0.05) is 18.7 Å². The summed E-state index contributed by atoms with van der Waals surface area (Å²) in [6.07, 6.45) is 92.4.